The van der Waals surface area contributed by atoms with Crippen molar-refractivity contribution in [3.05, 3.63) is 121 Å². The molecule has 35 heavy (non-hydrogen) atoms. The smallest absolute Gasteiger partial charge is 0.133 e. The lowest BCUT2D eigenvalue weighted by molar-refractivity contribution is 0.332. The molecule has 0 saturated carbocycles. The number of ether oxygens (including phenoxy) is 1. The second kappa shape index (κ2) is 10.9. The predicted molar refractivity (Wildman–Crippen MR) is 152 cm³/mol. The molecule has 0 heterocycles. The molecule has 0 radical (unpaired) electrons. The topological polar surface area (TPSA) is 9.23 Å². The lowest BCUT2D eigenvalue weighted by Gasteiger charge is -2.15. The van der Waals surface area contributed by atoms with E-state index in [9.17, 15) is 0 Å². The van der Waals surface area contributed by atoms with E-state index in [4.69, 9.17) is 4.74 Å². The van der Waals surface area contributed by atoms with Gasteiger partial charge in [0.2, 0.25) is 0 Å². The zero-order valence-corrected chi connectivity index (χ0v) is 21.2. The predicted octanol–water partition coefficient (Wildman–Crippen LogP) is 9.53. The lowest BCUT2D eigenvalue weighted by Crippen LogP contribution is -1.95. The monoisotopic (exact) mass is 490 g/mol. The number of thiol groups is 1. The average Bonchev–Trinajstić information content (AvgIpc) is 2.91. The van der Waals surface area contributed by atoms with Gasteiger partial charge in [0, 0.05) is 9.79 Å². The molecule has 5 aromatic carbocycles. The Kier molecular flexibility index (Phi) is 7.27. The van der Waals surface area contributed by atoms with Crippen LogP contribution in [0.5, 0.6) is 5.75 Å². The van der Waals surface area contributed by atoms with E-state index in [1.807, 2.05) is 25.1 Å². The average molecular weight is 491 g/mol. The van der Waals surface area contributed by atoms with Crippen LogP contribution in [-0.4, -0.2) is 6.61 Å². The number of hydrogen-bond acceptors (Lipinski definition) is 3. The number of hydrogen-bond donors (Lipinski definition) is 1. The van der Waals surface area contributed by atoms with Crippen molar-refractivity contribution in [1.82, 2.24) is 0 Å². The van der Waals surface area contributed by atoms with Crippen molar-refractivity contribution < 1.29 is 4.74 Å². The Morgan fingerprint density at radius 3 is 1.91 bits per heavy atom. The molecule has 0 aliphatic carbocycles. The van der Waals surface area contributed by atoms with Crippen LogP contribution in [0.25, 0.3) is 33.4 Å². The molecule has 3 heteroatoms. The summed E-state index contributed by atoms with van der Waals surface area (Å²) in [5.41, 5.74) is 7.08. The van der Waals surface area contributed by atoms with E-state index in [0.717, 1.165) is 26.7 Å². The van der Waals surface area contributed by atoms with E-state index in [0.29, 0.717) is 6.61 Å². The first-order chi connectivity index (χ1) is 17.2. The maximum absolute atomic E-state index is 6.10. The van der Waals surface area contributed by atoms with E-state index in [1.165, 1.54) is 27.1 Å². The molecule has 0 bridgehead atoms. The van der Waals surface area contributed by atoms with Gasteiger partial charge in [0.1, 0.15) is 5.75 Å². The van der Waals surface area contributed by atoms with E-state index in [1.54, 1.807) is 11.8 Å². The van der Waals surface area contributed by atoms with Crippen LogP contribution in [0.1, 0.15) is 6.92 Å². The maximum atomic E-state index is 6.10. The van der Waals surface area contributed by atoms with Gasteiger partial charge in [0.25, 0.3) is 0 Å². The molecular weight excluding hydrogens is 464 g/mol. The van der Waals surface area contributed by atoms with Crippen molar-refractivity contribution >= 4 is 24.4 Å². The molecule has 0 aromatic heterocycles. The molecule has 1 nitrogen and oxygen atoms in total. The first kappa shape index (κ1) is 23.3. The first-order valence-corrected chi connectivity index (χ1v) is 13.0. The van der Waals surface area contributed by atoms with Crippen LogP contribution < -0.4 is 4.74 Å². The van der Waals surface area contributed by atoms with Gasteiger partial charge in [-0.3, -0.25) is 0 Å². The van der Waals surface area contributed by atoms with E-state index in [-0.39, 0.29) is 0 Å². The van der Waals surface area contributed by atoms with Crippen molar-refractivity contribution in [2.45, 2.75) is 21.6 Å². The molecule has 0 amide bonds. The quantitative estimate of drug-likeness (QED) is 0.227. The Hall–Kier alpha value is -3.40. The highest BCUT2D eigenvalue weighted by molar-refractivity contribution is 7.99. The minimum atomic E-state index is 0.613. The molecule has 5 aromatic rings. The third-order valence-electron chi connectivity index (χ3n) is 5.83. The Labute approximate surface area is 217 Å². The fourth-order valence-corrected chi connectivity index (χ4v) is 5.23. The van der Waals surface area contributed by atoms with Gasteiger partial charge in [-0.25, -0.2) is 0 Å². The zero-order valence-electron chi connectivity index (χ0n) is 19.5. The van der Waals surface area contributed by atoms with E-state index in [2.05, 4.69) is 116 Å². The summed E-state index contributed by atoms with van der Waals surface area (Å²) in [7, 11) is 0. The van der Waals surface area contributed by atoms with Crippen molar-refractivity contribution in [2.24, 2.45) is 0 Å². The number of rotatable bonds is 7. The van der Waals surface area contributed by atoms with Crippen LogP contribution in [-0.2, 0) is 0 Å². The highest BCUT2D eigenvalue weighted by Gasteiger charge is 2.13. The van der Waals surface area contributed by atoms with Crippen molar-refractivity contribution in [3.8, 4) is 39.1 Å². The minimum absolute atomic E-state index is 0.613. The molecule has 0 aliphatic heterocycles. The second-order valence-electron chi connectivity index (χ2n) is 8.18. The van der Waals surface area contributed by atoms with Crippen LogP contribution in [0.3, 0.4) is 0 Å². The maximum Gasteiger partial charge on any atom is 0.133 e. The van der Waals surface area contributed by atoms with Crippen LogP contribution >= 0.6 is 24.4 Å². The summed E-state index contributed by atoms with van der Waals surface area (Å²) >= 11 is 6.34. The standard InChI is InChI=1S/C32H26OS2/c1-2-33-31-21-26(30-22-27(34)16-19-29(30)25-11-7-4-8-12-25)15-20-32(31)35-28-17-13-24(14-18-28)23-9-5-3-6-10-23/h3-22,34H,2H2,1H3. The molecule has 0 N–H and O–H groups in total. The largest absolute Gasteiger partial charge is 0.493 e. The van der Waals surface area contributed by atoms with Gasteiger partial charge in [-0.15, -0.1) is 12.6 Å². The van der Waals surface area contributed by atoms with Crippen LogP contribution in [0.2, 0.25) is 0 Å². The molecule has 0 fully saturated rings. The Balaban J connectivity index is 1.47. The Bertz CT molecular complexity index is 1410. The molecule has 0 aliphatic rings. The van der Waals surface area contributed by atoms with Gasteiger partial charge < -0.3 is 4.74 Å². The van der Waals surface area contributed by atoms with Crippen LogP contribution in [0.15, 0.2) is 136 Å². The minimum Gasteiger partial charge on any atom is -0.493 e. The fourth-order valence-electron chi connectivity index (χ4n) is 4.14. The van der Waals surface area contributed by atoms with Crippen LogP contribution in [0.4, 0.5) is 0 Å². The molecular formula is C32H26OS2. The lowest BCUT2D eigenvalue weighted by atomic mass is 9.94. The van der Waals surface area contributed by atoms with E-state index >= 15 is 0 Å². The highest BCUT2D eigenvalue weighted by atomic mass is 32.2. The normalized spacial score (nSPS) is 10.8. The van der Waals surface area contributed by atoms with E-state index < -0.39 is 0 Å². The highest BCUT2D eigenvalue weighted by Crippen LogP contribution is 2.41. The number of benzene rings is 5. The zero-order chi connectivity index (χ0) is 24.0. The van der Waals surface area contributed by atoms with Gasteiger partial charge in [-0.1, -0.05) is 96.7 Å². The molecule has 0 saturated heterocycles. The molecule has 0 unspecified atom stereocenters. The summed E-state index contributed by atoms with van der Waals surface area (Å²) < 4.78 is 6.10. The van der Waals surface area contributed by atoms with Gasteiger partial charge in [0.15, 0.2) is 0 Å². The summed E-state index contributed by atoms with van der Waals surface area (Å²) in [6.45, 7) is 2.64. The summed E-state index contributed by atoms with van der Waals surface area (Å²) in [5.74, 6) is 0.894. The first-order valence-electron chi connectivity index (χ1n) is 11.7. The molecule has 0 spiro atoms. The SMILES string of the molecule is CCOc1cc(-c2cc(S)ccc2-c2ccccc2)ccc1Sc1ccc(-c2ccccc2)cc1. The van der Waals surface area contributed by atoms with Crippen molar-refractivity contribution in [2.75, 3.05) is 6.61 Å². The fraction of sp³-hybridized carbons (Fsp3) is 0.0625. The Morgan fingerprint density at radius 2 is 1.23 bits per heavy atom. The van der Waals surface area contributed by atoms with Gasteiger partial charge in [-0.2, -0.15) is 0 Å². The summed E-state index contributed by atoms with van der Waals surface area (Å²) in [6, 6.07) is 42.4. The summed E-state index contributed by atoms with van der Waals surface area (Å²) in [5, 5.41) is 0. The second-order valence-corrected chi connectivity index (χ2v) is 9.81. The van der Waals surface area contributed by atoms with Crippen LogP contribution in [0, 0.1) is 0 Å². The summed E-state index contributed by atoms with van der Waals surface area (Å²) in [6.07, 6.45) is 0. The third-order valence-corrected chi connectivity index (χ3v) is 7.17. The van der Waals surface area contributed by atoms with Crippen molar-refractivity contribution in [1.29, 1.82) is 0 Å². The van der Waals surface area contributed by atoms with Gasteiger partial charge in [0.05, 0.1) is 11.5 Å². The van der Waals surface area contributed by atoms with Gasteiger partial charge in [-0.05, 0) is 76.7 Å². The van der Waals surface area contributed by atoms with Crippen molar-refractivity contribution in [3.63, 3.8) is 0 Å². The molecule has 5 rings (SSSR count). The summed E-state index contributed by atoms with van der Waals surface area (Å²) in [4.78, 5) is 3.22. The third kappa shape index (κ3) is 5.48. The molecule has 172 valence electrons. The molecule has 0 atom stereocenters. The Morgan fingerprint density at radius 1 is 0.600 bits per heavy atom. The van der Waals surface area contributed by atoms with Gasteiger partial charge >= 0.3 is 0 Å².